The fourth-order valence-corrected chi connectivity index (χ4v) is 2.91. The molecular weight excluding hydrogens is 260 g/mol. The molecule has 3 nitrogen and oxygen atoms in total. The third-order valence-electron chi connectivity index (χ3n) is 3.17. The van der Waals surface area contributed by atoms with E-state index in [1.165, 1.54) is 4.88 Å². The van der Waals surface area contributed by atoms with Gasteiger partial charge < -0.3 is 14.6 Å². The molecule has 102 valence electrons. The lowest BCUT2D eigenvalue weighted by molar-refractivity contribution is 0.106. The van der Waals surface area contributed by atoms with Gasteiger partial charge in [-0.25, -0.2) is 0 Å². The first-order valence-electron chi connectivity index (χ1n) is 6.01. The highest BCUT2D eigenvalue weighted by Crippen LogP contribution is 2.37. The molecule has 0 amide bonds. The predicted octanol–water partition coefficient (Wildman–Crippen LogP) is 3.33. The molecule has 2 rings (SSSR count). The summed E-state index contributed by atoms with van der Waals surface area (Å²) < 4.78 is 10.5. The van der Waals surface area contributed by atoms with E-state index >= 15 is 0 Å². The Bertz CT molecular complexity index is 573. The van der Waals surface area contributed by atoms with Gasteiger partial charge in [-0.1, -0.05) is 6.07 Å². The maximum absolute atomic E-state index is 10.8. The van der Waals surface area contributed by atoms with Crippen molar-refractivity contribution in [3.63, 3.8) is 0 Å². The molecule has 0 radical (unpaired) electrons. The molecule has 1 unspecified atom stereocenters. The summed E-state index contributed by atoms with van der Waals surface area (Å²) in [4.78, 5) is 2.09. The molecule has 0 spiro atoms. The Kier molecular flexibility index (Phi) is 3.83. The quantitative estimate of drug-likeness (QED) is 0.932. The Labute approximate surface area is 117 Å². The molecule has 2 aromatic rings. The molecule has 0 aliphatic heterocycles. The second kappa shape index (κ2) is 5.23. The third-order valence-corrected chi connectivity index (χ3v) is 4.38. The minimum atomic E-state index is -1.03. The van der Waals surface area contributed by atoms with Gasteiger partial charge in [0.05, 0.1) is 14.2 Å². The van der Waals surface area contributed by atoms with Crippen molar-refractivity contribution in [3.8, 4) is 11.5 Å². The van der Waals surface area contributed by atoms with Crippen LogP contribution in [0.25, 0.3) is 0 Å². The van der Waals surface area contributed by atoms with Gasteiger partial charge in [-0.2, -0.15) is 0 Å². The number of rotatable bonds is 4. The molecule has 4 heteroatoms. The SMILES string of the molecule is COc1ccc(C(C)(O)c2ccc(C)s2)cc1OC. The predicted molar refractivity (Wildman–Crippen MR) is 77.3 cm³/mol. The number of hydrogen-bond acceptors (Lipinski definition) is 4. The fraction of sp³-hybridized carbons (Fsp3) is 0.333. The highest BCUT2D eigenvalue weighted by Gasteiger charge is 2.28. The van der Waals surface area contributed by atoms with E-state index in [1.807, 2.05) is 37.3 Å². The van der Waals surface area contributed by atoms with Crippen LogP contribution in [-0.4, -0.2) is 19.3 Å². The van der Waals surface area contributed by atoms with Gasteiger partial charge in [0.2, 0.25) is 0 Å². The summed E-state index contributed by atoms with van der Waals surface area (Å²) in [6.07, 6.45) is 0. The first kappa shape index (κ1) is 13.9. The highest BCUT2D eigenvalue weighted by atomic mass is 32.1. The Morgan fingerprint density at radius 2 is 1.74 bits per heavy atom. The van der Waals surface area contributed by atoms with Gasteiger partial charge in [-0.3, -0.25) is 0 Å². The maximum atomic E-state index is 10.8. The molecule has 0 saturated carbocycles. The van der Waals surface area contributed by atoms with Crippen molar-refractivity contribution < 1.29 is 14.6 Å². The number of ether oxygens (including phenoxy) is 2. The maximum Gasteiger partial charge on any atom is 0.161 e. The molecule has 0 fully saturated rings. The van der Waals surface area contributed by atoms with E-state index in [4.69, 9.17) is 9.47 Å². The molecule has 1 aromatic carbocycles. The van der Waals surface area contributed by atoms with E-state index in [2.05, 4.69) is 0 Å². The normalized spacial score (nSPS) is 13.9. The zero-order chi connectivity index (χ0) is 14.0. The minimum Gasteiger partial charge on any atom is -0.493 e. The average molecular weight is 278 g/mol. The minimum absolute atomic E-state index is 0.619. The summed E-state index contributed by atoms with van der Waals surface area (Å²) in [7, 11) is 3.18. The molecular formula is C15H18O3S. The number of aryl methyl sites for hydroxylation is 1. The molecule has 19 heavy (non-hydrogen) atoms. The van der Waals surface area contributed by atoms with Crippen molar-refractivity contribution in [2.24, 2.45) is 0 Å². The van der Waals surface area contributed by atoms with Crippen LogP contribution >= 0.6 is 11.3 Å². The second-order valence-electron chi connectivity index (χ2n) is 4.55. The van der Waals surface area contributed by atoms with E-state index < -0.39 is 5.60 Å². The van der Waals surface area contributed by atoms with Gasteiger partial charge in [-0.05, 0) is 43.7 Å². The Morgan fingerprint density at radius 3 is 2.26 bits per heavy atom. The molecule has 0 bridgehead atoms. The molecule has 0 saturated heterocycles. The molecule has 1 N–H and O–H groups in total. The van der Waals surface area contributed by atoms with Crippen molar-refractivity contribution in [2.75, 3.05) is 14.2 Å². The zero-order valence-electron chi connectivity index (χ0n) is 11.6. The summed E-state index contributed by atoms with van der Waals surface area (Å²) in [5.74, 6) is 1.28. The highest BCUT2D eigenvalue weighted by molar-refractivity contribution is 7.12. The third kappa shape index (κ3) is 2.60. The van der Waals surface area contributed by atoms with E-state index in [0.29, 0.717) is 11.5 Å². The van der Waals surface area contributed by atoms with Crippen LogP contribution in [0.1, 0.15) is 22.2 Å². The van der Waals surface area contributed by atoms with Crippen molar-refractivity contribution in [3.05, 3.63) is 45.6 Å². The van der Waals surface area contributed by atoms with Crippen LogP contribution < -0.4 is 9.47 Å². The Hall–Kier alpha value is -1.52. The Balaban J connectivity index is 2.45. The molecule has 1 heterocycles. The first-order valence-corrected chi connectivity index (χ1v) is 6.82. The van der Waals surface area contributed by atoms with Crippen LogP contribution in [0, 0.1) is 6.92 Å². The van der Waals surface area contributed by atoms with Gasteiger partial charge in [0.25, 0.3) is 0 Å². The van der Waals surface area contributed by atoms with Gasteiger partial charge in [0.1, 0.15) is 5.60 Å². The van der Waals surface area contributed by atoms with Crippen LogP contribution in [0.4, 0.5) is 0 Å². The lowest BCUT2D eigenvalue weighted by Gasteiger charge is -2.23. The van der Waals surface area contributed by atoms with Gasteiger partial charge in [0.15, 0.2) is 11.5 Å². The van der Waals surface area contributed by atoms with Crippen molar-refractivity contribution in [1.82, 2.24) is 0 Å². The van der Waals surface area contributed by atoms with E-state index in [-0.39, 0.29) is 0 Å². The fourth-order valence-electron chi connectivity index (χ4n) is 1.98. The molecule has 1 atom stereocenters. The largest absolute Gasteiger partial charge is 0.493 e. The molecule has 0 aliphatic rings. The van der Waals surface area contributed by atoms with Crippen LogP contribution in [0.5, 0.6) is 11.5 Å². The first-order chi connectivity index (χ1) is 8.98. The van der Waals surface area contributed by atoms with Gasteiger partial charge >= 0.3 is 0 Å². The zero-order valence-corrected chi connectivity index (χ0v) is 12.4. The summed E-state index contributed by atoms with van der Waals surface area (Å²) in [5.41, 5.74) is -0.245. The van der Waals surface area contributed by atoms with Crippen LogP contribution in [0.15, 0.2) is 30.3 Å². The number of benzene rings is 1. The summed E-state index contributed by atoms with van der Waals surface area (Å²) >= 11 is 1.59. The summed E-state index contributed by atoms with van der Waals surface area (Å²) in [5, 5.41) is 10.8. The Morgan fingerprint density at radius 1 is 1.05 bits per heavy atom. The lowest BCUT2D eigenvalue weighted by atomic mass is 9.94. The summed E-state index contributed by atoms with van der Waals surface area (Å²) in [6, 6.07) is 9.44. The van der Waals surface area contributed by atoms with Crippen molar-refractivity contribution >= 4 is 11.3 Å². The number of aliphatic hydroxyl groups is 1. The van der Waals surface area contributed by atoms with Crippen LogP contribution in [-0.2, 0) is 5.60 Å². The molecule has 0 aliphatic carbocycles. The van der Waals surface area contributed by atoms with Crippen molar-refractivity contribution in [1.29, 1.82) is 0 Å². The van der Waals surface area contributed by atoms with Crippen LogP contribution in [0.3, 0.4) is 0 Å². The average Bonchev–Trinajstić information content (AvgIpc) is 2.85. The number of hydrogen-bond donors (Lipinski definition) is 1. The topological polar surface area (TPSA) is 38.7 Å². The van der Waals surface area contributed by atoms with Gasteiger partial charge in [0, 0.05) is 9.75 Å². The number of methoxy groups -OCH3 is 2. The van der Waals surface area contributed by atoms with E-state index in [1.54, 1.807) is 32.5 Å². The standard InChI is InChI=1S/C15H18O3S/c1-10-5-8-14(19-10)15(2,16)11-6-7-12(17-3)13(9-11)18-4/h5-9,16H,1-4H3. The lowest BCUT2D eigenvalue weighted by Crippen LogP contribution is -2.21. The number of thiophene rings is 1. The van der Waals surface area contributed by atoms with E-state index in [9.17, 15) is 5.11 Å². The smallest absolute Gasteiger partial charge is 0.161 e. The second-order valence-corrected chi connectivity index (χ2v) is 5.84. The van der Waals surface area contributed by atoms with Gasteiger partial charge in [-0.15, -0.1) is 11.3 Å². The summed E-state index contributed by atoms with van der Waals surface area (Å²) in [6.45, 7) is 3.82. The van der Waals surface area contributed by atoms with E-state index in [0.717, 1.165) is 10.4 Å². The van der Waals surface area contributed by atoms with Crippen molar-refractivity contribution in [2.45, 2.75) is 19.4 Å². The van der Waals surface area contributed by atoms with Crippen LogP contribution in [0.2, 0.25) is 0 Å². The monoisotopic (exact) mass is 278 g/mol. The molecule has 1 aromatic heterocycles.